The number of aromatic nitrogens is 1. The highest BCUT2D eigenvalue weighted by molar-refractivity contribution is 7.98. The van der Waals surface area contributed by atoms with E-state index >= 15 is 0 Å². The lowest BCUT2D eigenvalue weighted by molar-refractivity contribution is 0.0696. The first kappa shape index (κ1) is 8.86. The highest BCUT2D eigenvalue weighted by atomic mass is 32.2. The smallest absolute Gasteiger partial charge is 0.337 e. The van der Waals surface area contributed by atoms with Crippen LogP contribution in [0.25, 0.3) is 0 Å². The normalized spacial score (nSPS) is 9.75. The summed E-state index contributed by atoms with van der Waals surface area (Å²) >= 11 is 1.39. The average Bonchev–Trinajstić information content (AvgIpc) is 2.04. The summed E-state index contributed by atoms with van der Waals surface area (Å²) in [7, 11) is 0. The van der Waals surface area contributed by atoms with E-state index in [2.05, 4.69) is 4.98 Å². The van der Waals surface area contributed by atoms with Gasteiger partial charge in [0.25, 0.3) is 0 Å². The van der Waals surface area contributed by atoms with Crippen LogP contribution in [0.3, 0.4) is 0 Å². The lowest BCUT2D eigenvalue weighted by Gasteiger charge is -2.00. The fourth-order valence-electron chi connectivity index (χ4n) is 0.757. The molecular formula is C7H8N2O2S. The van der Waals surface area contributed by atoms with E-state index in [0.29, 0.717) is 10.7 Å². The lowest BCUT2D eigenvalue weighted by Crippen LogP contribution is -2.00. The van der Waals surface area contributed by atoms with Crippen molar-refractivity contribution in [1.29, 1.82) is 0 Å². The molecule has 0 radical (unpaired) electrons. The molecule has 0 fully saturated rings. The molecule has 0 unspecified atom stereocenters. The van der Waals surface area contributed by atoms with Crippen molar-refractivity contribution in [2.45, 2.75) is 5.03 Å². The van der Waals surface area contributed by atoms with Crippen LogP contribution in [-0.2, 0) is 0 Å². The van der Waals surface area contributed by atoms with E-state index in [1.807, 2.05) is 6.26 Å². The topological polar surface area (TPSA) is 76.2 Å². The summed E-state index contributed by atoms with van der Waals surface area (Å²) < 4.78 is 0. The van der Waals surface area contributed by atoms with Crippen LogP contribution in [0.15, 0.2) is 17.3 Å². The number of nitrogen functional groups attached to an aromatic ring is 1. The van der Waals surface area contributed by atoms with Gasteiger partial charge < -0.3 is 10.8 Å². The Morgan fingerprint density at radius 2 is 2.42 bits per heavy atom. The summed E-state index contributed by atoms with van der Waals surface area (Å²) in [5.74, 6) is -1.01. The molecule has 1 rings (SSSR count). The lowest BCUT2D eigenvalue weighted by atomic mass is 10.3. The highest BCUT2D eigenvalue weighted by Gasteiger charge is 2.06. The summed E-state index contributed by atoms with van der Waals surface area (Å²) in [6.45, 7) is 0. The predicted octanol–water partition coefficient (Wildman–Crippen LogP) is 1.08. The third-order valence-electron chi connectivity index (χ3n) is 1.32. The van der Waals surface area contributed by atoms with Gasteiger partial charge in [-0.1, -0.05) is 0 Å². The Balaban J connectivity index is 3.10. The van der Waals surface area contributed by atoms with Crippen LogP contribution in [0.2, 0.25) is 0 Å². The molecule has 0 spiro atoms. The maximum atomic E-state index is 10.5. The zero-order valence-electron chi connectivity index (χ0n) is 6.44. The van der Waals surface area contributed by atoms with E-state index in [-0.39, 0.29) is 5.56 Å². The Morgan fingerprint density at radius 3 is 2.83 bits per heavy atom. The van der Waals surface area contributed by atoms with Gasteiger partial charge in [-0.05, 0) is 12.3 Å². The number of hydrogen-bond acceptors (Lipinski definition) is 4. The second-order valence-corrected chi connectivity index (χ2v) is 2.92. The van der Waals surface area contributed by atoms with Gasteiger partial charge in [-0.3, -0.25) is 0 Å². The number of rotatable bonds is 2. The first-order valence-corrected chi connectivity index (χ1v) is 4.40. The van der Waals surface area contributed by atoms with Gasteiger partial charge in [-0.2, -0.15) is 0 Å². The van der Waals surface area contributed by atoms with Crippen LogP contribution in [-0.4, -0.2) is 22.3 Å². The summed E-state index contributed by atoms with van der Waals surface area (Å²) in [5, 5.41) is 9.22. The van der Waals surface area contributed by atoms with E-state index in [1.165, 1.54) is 24.0 Å². The van der Waals surface area contributed by atoms with Crippen LogP contribution >= 0.6 is 11.8 Å². The largest absolute Gasteiger partial charge is 0.478 e. The van der Waals surface area contributed by atoms with Crippen molar-refractivity contribution in [3.05, 3.63) is 17.8 Å². The molecule has 0 aliphatic rings. The molecule has 1 aromatic heterocycles. The standard InChI is InChI=1S/C7H8N2O2S/c1-12-6-5(8)2-4(3-9-6)7(10)11/h2-3H,8H2,1H3,(H,10,11). The molecule has 3 N–H and O–H groups in total. The van der Waals surface area contributed by atoms with Crippen LogP contribution in [0.1, 0.15) is 10.4 Å². The molecular weight excluding hydrogens is 176 g/mol. The number of thioether (sulfide) groups is 1. The van der Waals surface area contributed by atoms with Crippen LogP contribution < -0.4 is 5.73 Å². The van der Waals surface area contributed by atoms with Crippen LogP contribution in [0.5, 0.6) is 0 Å². The van der Waals surface area contributed by atoms with Crippen LogP contribution in [0, 0.1) is 0 Å². The molecule has 1 heterocycles. The van der Waals surface area contributed by atoms with Crippen molar-refractivity contribution >= 4 is 23.4 Å². The Morgan fingerprint density at radius 1 is 1.75 bits per heavy atom. The molecule has 0 amide bonds. The van der Waals surface area contributed by atoms with Gasteiger partial charge in [0.1, 0.15) is 5.03 Å². The number of nitrogens with two attached hydrogens (primary N) is 1. The minimum Gasteiger partial charge on any atom is -0.478 e. The van der Waals surface area contributed by atoms with Crippen molar-refractivity contribution in [1.82, 2.24) is 4.98 Å². The van der Waals surface area contributed by atoms with E-state index in [4.69, 9.17) is 10.8 Å². The molecule has 5 heteroatoms. The van der Waals surface area contributed by atoms with Crippen molar-refractivity contribution in [2.75, 3.05) is 12.0 Å². The molecule has 0 aliphatic heterocycles. The van der Waals surface area contributed by atoms with Crippen molar-refractivity contribution in [3.8, 4) is 0 Å². The Kier molecular flexibility index (Phi) is 2.54. The van der Waals surface area contributed by atoms with E-state index in [1.54, 1.807) is 0 Å². The fraction of sp³-hybridized carbons (Fsp3) is 0.143. The molecule has 0 aliphatic carbocycles. The first-order valence-electron chi connectivity index (χ1n) is 3.18. The van der Waals surface area contributed by atoms with Gasteiger partial charge in [-0.25, -0.2) is 9.78 Å². The maximum absolute atomic E-state index is 10.5. The van der Waals surface area contributed by atoms with Gasteiger partial charge >= 0.3 is 5.97 Å². The molecule has 0 aromatic carbocycles. The predicted molar refractivity (Wildman–Crippen MR) is 47.4 cm³/mol. The minimum absolute atomic E-state index is 0.116. The Bertz CT molecular complexity index is 314. The van der Waals surface area contributed by atoms with E-state index in [0.717, 1.165) is 0 Å². The third-order valence-corrected chi connectivity index (χ3v) is 2.05. The number of nitrogens with zero attached hydrogens (tertiary/aromatic N) is 1. The second-order valence-electron chi connectivity index (χ2n) is 2.13. The molecule has 64 valence electrons. The van der Waals surface area contributed by atoms with Crippen molar-refractivity contribution < 1.29 is 9.90 Å². The van der Waals surface area contributed by atoms with Crippen LogP contribution in [0.4, 0.5) is 5.69 Å². The zero-order valence-corrected chi connectivity index (χ0v) is 7.26. The van der Waals surface area contributed by atoms with Crippen molar-refractivity contribution in [3.63, 3.8) is 0 Å². The average molecular weight is 184 g/mol. The number of carboxylic acids is 1. The first-order chi connectivity index (χ1) is 5.65. The summed E-state index contributed by atoms with van der Waals surface area (Å²) in [6, 6.07) is 1.40. The number of aromatic carboxylic acids is 1. The molecule has 12 heavy (non-hydrogen) atoms. The van der Waals surface area contributed by atoms with Gasteiger partial charge in [-0.15, -0.1) is 11.8 Å². The number of hydrogen-bond donors (Lipinski definition) is 2. The molecule has 0 saturated carbocycles. The monoisotopic (exact) mass is 184 g/mol. The van der Waals surface area contributed by atoms with E-state index in [9.17, 15) is 4.79 Å². The third kappa shape index (κ3) is 1.68. The maximum Gasteiger partial charge on any atom is 0.337 e. The molecule has 1 aromatic rings. The summed E-state index contributed by atoms with van der Waals surface area (Å²) in [6.07, 6.45) is 3.13. The minimum atomic E-state index is -1.01. The SMILES string of the molecule is CSc1ncc(C(=O)O)cc1N. The summed E-state index contributed by atoms with van der Waals surface area (Å²) in [4.78, 5) is 14.3. The van der Waals surface area contributed by atoms with Gasteiger partial charge in [0, 0.05) is 6.20 Å². The highest BCUT2D eigenvalue weighted by Crippen LogP contribution is 2.20. The number of pyridine rings is 1. The van der Waals surface area contributed by atoms with E-state index < -0.39 is 5.97 Å². The molecule has 0 bridgehead atoms. The van der Waals surface area contributed by atoms with Gasteiger partial charge in [0.15, 0.2) is 0 Å². The zero-order chi connectivity index (χ0) is 9.14. The number of carbonyl (C=O) groups is 1. The second kappa shape index (κ2) is 3.44. The molecule has 4 nitrogen and oxygen atoms in total. The van der Waals surface area contributed by atoms with Crippen molar-refractivity contribution in [2.24, 2.45) is 0 Å². The molecule has 0 saturated heterocycles. The number of carboxylic acid groups (broad SMARTS) is 1. The summed E-state index contributed by atoms with van der Waals surface area (Å²) in [5.41, 5.74) is 6.04. The molecule has 0 atom stereocenters. The quantitative estimate of drug-likeness (QED) is 0.673. The van der Waals surface area contributed by atoms with Gasteiger partial charge in [0.05, 0.1) is 11.3 Å². The fourth-order valence-corrected chi connectivity index (χ4v) is 1.21. The number of anilines is 1. The Labute approximate surface area is 73.8 Å². The van der Waals surface area contributed by atoms with Gasteiger partial charge in [0.2, 0.25) is 0 Å². The Hall–Kier alpha value is -1.23.